The quantitative estimate of drug-likeness (QED) is 0.194. The van der Waals surface area contributed by atoms with Crippen LogP contribution in [0.4, 0.5) is 10.8 Å². The lowest BCUT2D eigenvalue weighted by Gasteiger charge is -2.07. The summed E-state index contributed by atoms with van der Waals surface area (Å²) in [6.07, 6.45) is 1.34. The second-order valence-corrected chi connectivity index (χ2v) is 10.5. The molecule has 1 aromatic heterocycles. The number of carbonyl (C=O) groups is 1. The first-order valence-electron chi connectivity index (χ1n) is 10.1. The van der Waals surface area contributed by atoms with Crippen molar-refractivity contribution < 1.29 is 22.9 Å². The molecule has 0 radical (unpaired) electrons. The van der Waals surface area contributed by atoms with Crippen molar-refractivity contribution in [2.75, 3.05) is 5.32 Å². The Morgan fingerprint density at radius 2 is 1.94 bits per heavy atom. The van der Waals surface area contributed by atoms with Crippen LogP contribution in [0.1, 0.15) is 25.0 Å². The van der Waals surface area contributed by atoms with E-state index in [0.717, 1.165) is 0 Å². The third-order valence-electron chi connectivity index (χ3n) is 4.64. The number of benzene rings is 2. The lowest BCUT2D eigenvalue weighted by Crippen LogP contribution is -2.16. The molecule has 3 rings (SSSR count). The van der Waals surface area contributed by atoms with E-state index in [-0.39, 0.29) is 28.2 Å². The SMILES string of the molecule is CC(C)S(=O)(=O)c1nsc(NC(=O)/C(C#N)=C\c2ccc(OCc3ccccc3[N+](=O)[O-])cc2)n1. The molecule has 0 unspecified atom stereocenters. The van der Waals surface area contributed by atoms with Gasteiger partial charge in [-0.3, -0.25) is 20.2 Å². The summed E-state index contributed by atoms with van der Waals surface area (Å²) in [6, 6.07) is 14.5. The van der Waals surface area contributed by atoms with Crippen molar-refractivity contribution in [2.24, 2.45) is 0 Å². The van der Waals surface area contributed by atoms with Gasteiger partial charge in [-0.25, -0.2) is 8.42 Å². The number of ether oxygens (including phenoxy) is 1. The predicted octanol–water partition coefficient (Wildman–Crippen LogP) is 3.75. The van der Waals surface area contributed by atoms with E-state index in [9.17, 15) is 28.6 Å². The molecule has 3 aromatic rings. The van der Waals surface area contributed by atoms with Crippen molar-refractivity contribution in [3.8, 4) is 11.8 Å². The van der Waals surface area contributed by atoms with Crippen LogP contribution >= 0.6 is 11.5 Å². The van der Waals surface area contributed by atoms with Crippen LogP contribution in [0.5, 0.6) is 5.75 Å². The third-order valence-corrected chi connectivity index (χ3v) is 7.32. The predicted molar refractivity (Wildman–Crippen MR) is 128 cm³/mol. The summed E-state index contributed by atoms with van der Waals surface area (Å²) in [4.78, 5) is 26.9. The first-order valence-corrected chi connectivity index (χ1v) is 12.4. The van der Waals surface area contributed by atoms with Gasteiger partial charge in [-0.15, -0.1) is 0 Å². The van der Waals surface area contributed by atoms with Gasteiger partial charge in [0.25, 0.3) is 16.8 Å². The average molecular weight is 514 g/mol. The molecule has 1 amide bonds. The van der Waals surface area contributed by atoms with E-state index in [1.54, 1.807) is 48.5 Å². The molecule has 180 valence electrons. The molecule has 1 heterocycles. The standard InChI is InChI=1S/C22H19N5O6S2/c1-14(2)35(31,32)22-25-21(34-26-22)24-20(28)17(12-23)11-15-7-9-18(10-8-15)33-13-16-5-3-4-6-19(16)27(29)30/h3-11,14H,13H2,1-2H3,(H,24,25,26,28)/b17-11-. The van der Waals surface area contributed by atoms with Crippen molar-refractivity contribution in [2.45, 2.75) is 30.9 Å². The normalized spacial score (nSPS) is 11.7. The maximum atomic E-state index is 12.5. The van der Waals surface area contributed by atoms with Crippen molar-refractivity contribution in [3.05, 3.63) is 75.3 Å². The minimum Gasteiger partial charge on any atom is -0.489 e. The van der Waals surface area contributed by atoms with Crippen LogP contribution in [0.15, 0.2) is 59.3 Å². The Hall–Kier alpha value is -4.15. The lowest BCUT2D eigenvalue weighted by molar-refractivity contribution is -0.385. The van der Waals surface area contributed by atoms with Crippen LogP contribution in [0.25, 0.3) is 6.08 Å². The topological polar surface area (TPSA) is 165 Å². The number of nitro benzene ring substituents is 1. The first-order chi connectivity index (χ1) is 16.6. The second-order valence-electron chi connectivity index (χ2n) is 7.34. The molecular weight excluding hydrogens is 494 g/mol. The number of hydrogen-bond donors (Lipinski definition) is 1. The third kappa shape index (κ3) is 6.25. The van der Waals surface area contributed by atoms with Crippen molar-refractivity contribution in [1.29, 1.82) is 5.26 Å². The number of nitriles is 1. The Kier molecular flexibility index (Phi) is 7.90. The highest BCUT2D eigenvalue weighted by Crippen LogP contribution is 2.22. The molecule has 0 aliphatic heterocycles. The van der Waals surface area contributed by atoms with Crippen LogP contribution in [0.2, 0.25) is 0 Å². The van der Waals surface area contributed by atoms with Crippen molar-refractivity contribution in [3.63, 3.8) is 0 Å². The number of aromatic nitrogens is 2. The number of amides is 1. The summed E-state index contributed by atoms with van der Waals surface area (Å²) in [7, 11) is -3.69. The molecule has 0 bridgehead atoms. The number of hydrogen-bond acceptors (Lipinski definition) is 10. The van der Waals surface area contributed by atoms with Crippen molar-refractivity contribution in [1.82, 2.24) is 9.36 Å². The smallest absolute Gasteiger partial charge is 0.276 e. The number of carbonyl (C=O) groups excluding carboxylic acids is 1. The number of anilines is 1. The molecule has 0 aliphatic carbocycles. The molecule has 1 N–H and O–H groups in total. The molecule has 11 nitrogen and oxygen atoms in total. The highest BCUT2D eigenvalue weighted by molar-refractivity contribution is 7.91. The van der Waals surface area contributed by atoms with Gasteiger partial charge in [0.15, 0.2) is 0 Å². The average Bonchev–Trinajstić information content (AvgIpc) is 3.31. The Bertz CT molecular complexity index is 1420. The maximum absolute atomic E-state index is 12.5. The van der Waals surface area contributed by atoms with Gasteiger partial charge in [0.05, 0.1) is 15.7 Å². The van der Waals surface area contributed by atoms with Gasteiger partial charge in [-0.1, -0.05) is 24.3 Å². The summed E-state index contributed by atoms with van der Waals surface area (Å²) in [5, 5.41) is 21.7. The van der Waals surface area contributed by atoms with E-state index >= 15 is 0 Å². The summed E-state index contributed by atoms with van der Waals surface area (Å²) in [5.74, 6) is -0.329. The molecule has 13 heteroatoms. The summed E-state index contributed by atoms with van der Waals surface area (Å²) < 4.78 is 33.6. The minimum atomic E-state index is -3.69. The van der Waals surface area contributed by atoms with E-state index in [0.29, 0.717) is 28.4 Å². The fourth-order valence-electron chi connectivity index (χ4n) is 2.70. The Morgan fingerprint density at radius 3 is 2.57 bits per heavy atom. The van der Waals surface area contributed by atoms with E-state index < -0.39 is 25.9 Å². The Balaban J connectivity index is 1.67. The van der Waals surface area contributed by atoms with E-state index in [1.807, 2.05) is 0 Å². The maximum Gasteiger partial charge on any atom is 0.276 e. The molecule has 2 aromatic carbocycles. The molecule has 0 saturated carbocycles. The van der Waals surface area contributed by atoms with E-state index in [4.69, 9.17) is 4.74 Å². The number of nitrogens with zero attached hydrogens (tertiary/aromatic N) is 4. The fraction of sp³-hybridized carbons (Fsp3) is 0.182. The van der Waals surface area contributed by atoms with Gasteiger partial charge in [0.2, 0.25) is 15.0 Å². The number of nitro groups is 1. The van der Waals surface area contributed by atoms with Gasteiger partial charge in [-0.05, 0) is 43.7 Å². The number of nitrogens with one attached hydrogen (secondary N) is 1. The fourth-order valence-corrected chi connectivity index (χ4v) is 4.40. The molecule has 0 aliphatic rings. The molecule has 35 heavy (non-hydrogen) atoms. The zero-order chi connectivity index (χ0) is 25.6. The van der Waals surface area contributed by atoms with Gasteiger partial charge in [0, 0.05) is 17.6 Å². The highest BCUT2D eigenvalue weighted by Gasteiger charge is 2.25. The number of sulfone groups is 1. The largest absolute Gasteiger partial charge is 0.489 e. The molecule has 0 fully saturated rings. The van der Waals surface area contributed by atoms with Crippen LogP contribution in [-0.2, 0) is 21.2 Å². The summed E-state index contributed by atoms with van der Waals surface area (Å²) >= 11 is 0.697. The molecule has 0 saturated heterocycles. The van der Waals surface area contributed by atoms with Gasteiger partial charge < -0.3 is 4.74 Å². The second kappa shape index (κ2) is 10.9. The van der Waals surface area contributed by atoms with Crippen LogP contribution in [0, 0.1) is 21.4 Å². The van der Waals surface area contributed by atoms with E-state index in [1.165, 1.54) is 26.0 Å². The zero-order valence-corrected chi connectivity index (χ0v) is 20.2. The molecule has 0 atom stereocenters. The van der Waals surface area contributed by atoms with Crippen molar-refractivity contribution >= 4 is 44.2 Å². The highest BCUT2D eigenvalue weighted by atomic mass is 32.2. The summed E-state index contributed by atoms with van der Waals surface area (Å²) in [5.41, 5.74) is 0.671. The van der Waals surface area contributed by atoms with Gasteiger partial charge >= 0.3 is 0 Å². The minimum absolute atomic E-state index is 0.00540. The number of para-hydroxylation sites is 1. The Labute approximate surface area is 204 Å². The monoisotopic (exact) mass is 513 g/mol. The zero-order valence-electron chi connectivity index (χ0n) is 18.5. The molecule has 0 spiro atoms. The lowest BCUT2D eigenvalue weighted by atomic mass is 10.1. The number of rotatable bonds is 9. The first kappa shape index (κ1) is 25.5. The van der Waals surface area contributed by atoms with Gasteiger partial charge in [-0.2, -0.15) is 14.6 Å². The van der Waals surface area contributed by atoms with E-state index in [2.05, 4.69) is 14.7 Å². The Morgan fingerprint density at radius 1 is 1.26 bits per heavy atom. The summed E-state index contributed by atoms with van der Waals surface area (Å²) in [6.45, 7) is 2.98. The van der Waals surface area contributed by atoms with Gasteiger partial charge in [0.1, 0.15) is 24.0 Å². The molecular formula is C22H19N5O6S2. The van der Waals surface area contributed by atoms with Crippen LogP contribution in [-0.4, -0.2) is 33.9 Å². The van der Waals surface area contributed by atoms with Crippen LogP contribution in [0.3, 0.4) is 0 Å². The van der Waals surface area contributed by atoms with Crippen LogP contribution < -0.4 is 10.1 Å².